The maximum Gasteiger partial charge on any atom is 0.227 e. The normalized spacial score (nSPS) is 18.8. The number of anilines is 1. The number of tetrazole rings is 1. The lowest BCUT2D eigenvalue weighted by atomic mass is 10.1. The highest BCUT2D eigenvalue weighted by atomic mass is 35.5. The van der Waals surface area contributed by atoms with Crippen molar-refractivity contribution in [3.63, 3.8) is 0 Å². The van der Waals surface area contributed by atoms with E-state index < -0.39 is 0 Å². The van der Waals surface area contributed by atoms with Gasteiger partial charge in [-0.1, -0.05) is 11.6 Å². The molecule has 1 fully saturated rings. The van der Waals surface area contributed by atoms with E-state index in [9.17, 15) is 9.90 Å². The molecule has 2 heterocycles. The zero-order valence-corrected chi connectivity index (χ0v) is 11.2. The van der Waals surface area contributed by atoms with E-state index in [1.807, 2.05) is 0 Å². The molecule has 0 saturated carbocycles. The van der Waals surface area contributed by atoms with Crippen LogP contribution in [0.3, 0.4) is 0 Å². The second-order valence-corrected chi connectivity index (χ2v) is 5.09. The van der Waals surface area contributed by atoms with Crippen molar-refractivity contribution in [3.8, 4) is 11.4 Å². The summed E-state index contributed by atoms with van der Waals surface area (Å²) < 4.78 is 0. The van der Waals surface area contributed by atoms with Gasteiger partial charge in [-0.2, -0.15) is 5.21 Å². The Morgan fingerprint density at radius 2 is 2.35 bits per heavy atom. The van der Waals surface area contributed by atoms with E-state index in [1.54, 1.807) is 23.1 Å². The number of hydrogen-bond donors (Lipinski definition) is 2. The minimum Gasteiger partial charge on any atom is -0.396 e. The Kier molecular flexibility index (Phi) is 3.37. The molecule has 2 aromatic rings. The average Bonchev–Trinajstić information content (AvgIpc) is 3.07. The van der Waals surface area contributed by atoms with E-state index in [4.69, 9.17) is 11.6 Å². The maximum absolute atomic E-state index is 12.1. The first kappa shape index (κ1) is 13.0. The number of aromatic nitrogens is 4. The van der Waals surface area contributed by atoms with Crippen molar-refractivity contribution < 1.29 is 9.90 Å². The molecule has 1 aliphatic rings. The zero-order valence-electron chi connectivity index (χ0n) is 10.5. The predicted octanol–water partition coefficient (Wildman–Crippen LogP) is 0.865. The number of amides is 1. The van der Waals surface area contributed by atoms with Gasteiger partial charge in [0.15, 0.2) is 0 Å². The van der Waals surface area contributed by atoms with Crippen LogP contribution in [0.25, 0.3) is 11.4 Å². The number of carbonyl (C=O) groups excluding carboxylic acids is 1. The molecule has 1 saturated heterocycles. The minimum atomic E-state index is -0.0559. The predicted molar refractivity (Wildman–Crippen MR) is 72.2 cm³/mol. The molecular weight excluding hydrogens is 282 g/mol. The lowest BCUT2D eigenvalue weighted by Gasteiger charge is -2.19. The van der Waals surface area contributed by atoms with Gasteiger partial charge in [0.1, 0.15) is 0 Å². The number of aromatic amines is 1. The number of aliphatic hydroxyl groups excluding tert-OH is 1. The summed E-state index contributed by atoms with van der Waals surface area (Å²) in [6.07, 6.45) is 0.328. The number of carbonyl (C=O) groups is 1. The number of nitrogens with one attached hydrogen (secondary N) is 1. The van der Waals surface area contributed by atoms with Crippen molar-refractivity contribution in [2.45, 2.75) is 6.42 Å². The van der Waals surface area contributed by atoms with Crippen molar-refractivity contribution >= 4 is 23.2 Å². The van der Waals surface area contributed by atoms with Crippen LogP contribution in [0.2, 0.25) is 5.02 Å². The number of hydrogen-bond acceptors (Lipinski definition) is 5. The van der Waals surface area contributed by atoms with Crippen molar-refractivity contribution in [1.82, 2.24) is 20.6 Å². The van der Waals surface area contributed by atoms with Gasteiger partial charge >= 0.3 is 0 Å². The molecule has 1 unspecified atom stereocenters. The number of halogens is 1. The van der Waals surface area contributed by atoms with Gasteiger partial charge in [-0.3, -0.25) is 4.79 Å². The fourth-order valence-corrected chi connectivity index (χ4v) is 2.50. The van der Waals surface area contributed by atoms with Gasteiger partial charge in [0.2, 0.25) is 11.7 Å². The Hall–Kier alpha value is -1.99. The Morgan fingerprint density at radius 1 is 1.50 bits per heavy atom. The summed E-state index contributed by atoms with van der Waals surface area (Å²) in [5, 5.41) is 23.5. The number of rotatable bonds is 3. The van der Waals surface area contributed by atoms with Crippen LogP contribution in [0.4, 0.5) is 5.69 Å². The van der Waals surface area contributed by atoms with E-state index in [0.29, 0.717) is 35.1 Å². The summed E-state index contributed by atoms with van der Waals surface area (Å²) in [4.78, 5) is 13.7. The van der Waals surface area contributed by atoms with E-state index in [1.165, 1.54) is 0 Å². The van der Waals surface area contributed by atoms with Crippen LogP contribution in [0.15, 0.2) is 18.2 Å². The third-order valence-corrected chi connectivity index (χ3v) is 3.54. The van der Waals surface area contributed by atoms with Crippen LogP contribution in [0.1, 0.15) is 6.42 Å². The molecule has 0 radical (unpaired) electrons. The minimum absolute atomic E-state index is 0.0135. The summed E-state index contributed by atoms with van der Waals surface area (Å²) in [7, 11) is 0. The highest BCUT2D eigenvalue weighted by Gasteiger charge is 2.32. The monoisotopic (exact) mass is 293 g/mol. The molecule has 2 N–H and O–H groups in total. The van der Waals surface area contributed by atoms with Crippen LogP contribution >= 0.6 is 11.6 Å². The highest BCUT2D eigenvalue weighted by Crippen LogP contribution is 2.34. The molecule has 1 aromatic heterocycles. The zero-order chi connectivity index (χ0) is 14.1. The highest BCUT2D eigenvalue weighted by molar-refractivity contribution is 6.31. The summed E-state index contributed by atoms with van der Waals surface area (Å²) >= 11 is 6.02. The smallest absolute Gasteiger partial charge is 0.227 e. The van der Waals surface area contributed by atoms with Crippen molar-refractivity contribution in [2.75, 3.05) is 18.1 Å². The topological polar surface area (TPSA) is 95.0 Å². The second kappa shape index (κ2) is 5.18. The van der Waals surface area contributed by atoms with Gasteiger partial charge in [-0.05, 0) is 23.4 Å². The number of H-pyrrole nitrogens is 1. The number of benzene rings is 1. The molecule has 8 heteroatoms. The number of aliphatic hydroxyl groups is 1. The van der Waals surface area contributed by atoms with Gasteiger partial charge in [0, 0.05) is 36.1 Å². The quantitative estimate of drug-likeness (QED) is 0.875. The van der Waals surface area contributed by atoms with Gasteiger partial charge < -0.3 is 10.0 Å². The molecule has 1 atom stereocenters. The van der Waals surface area contributed by atoms with Gasteiger partial charge in [0.25, 0.3) is 0 Å². The van der Waals surface area contributed by atoms with Crippen LogP contribution in [-0.4, -0.2) is 44.8 Å². The SMILES string of the molecule is O=C1CC(CO)CN1c1cc(Cl)ccc1-c1nn[nH]n1. The van der Waals surface area contributed by atoms with Gasteiger partial charge in [-0.25, -0.2) is 0 Å². The van der Waals surface area contributed by atoms with Gasteiger partial charge in [-0.15, -0.1) is 10.2 Å². The van der Waals surface area contributed by atoms with E-state index >= 15 is 0 Å². The molecule has 0 aliphatic carbocycles. The molecule has 1 aromatic carbocycles. The van der Waals surface area contributed by atoms with E-state index in [0.717, 1.165) is 0 Å². The van der Waals surface area contributed by atoms with Crippen molar-refractivity contribution in [1.29, 1.82) is 0 Å². The molecule has 104 valence electrons. The summed E-state index contributed by atoms with van der Waals surface area (Å²) in [6, 6.07) is 5.16. The summed E-state index contributed by atoms with van der Waals surface area (Å²) in [5.74, 6) is 0.299. The van der Waals surface area contributed by atoms with Crippen LogP contribution in [0.5, 0.6) is 0 Å². The lowest BCUT2D eigenvalue weighted by molar-refractivity contribution is -0.117. The molecule has 20 heavy (non-hydrogen) atoms. The summed E-state index contributed by atoms with van der Waals surface area (Å²) in [6.45, 7) is 0.445. The third kappa shape index (κ3) is 2.25. The number of nitrogens with zero attached hydrogens (tertiary/aromatic N) is 4. The maximum atomic E-state index is 12.1. The molecule has 1 amide bonds. The fourth-order valence-electron chi connectivity index (χ4n) is 2.33. The molecule has 1 aliphatic heterocycles. The Labute approximate surface area is 119 Å². The van der Waals surface area contributed by atoms with Crippen LogP contribution in [0, 0.1) is 5.92 Å². The Bertz CT molecular complexity index is 631. The van der Waals surface area contributed by atoms with Gasteiger partial charge in [0.05, 0.1) is 5.69 Å². The van der Waals surface area contributed by atoms with Crippen LogP contribution in [-0.2, 0) is 4.79 Å². The Balaban J connectivity index is 2.04. The van der Waals surface area contributed by atoms with Crippen molar-refractivity contribution in [3.05, 3.63) is 23.2 Å². The first-order valence-corrected chi connectivity index (χ1v) is 6.51. The lowest BCUT2D eigenvalue weighted by Crippen LogP contribution is -2.25. The summed E-state index contributed by atoms with van der Waals surface area (Å²) in [5.41, 5.74) is 1.31. The molecule has 7 nitrogen and oxygen atoms in total. The molecular formula is C12H12ClN5O2. The Morgan fingerprint density at radius 3 is 3.00 bits per heavy atom. The molecule has 0 bridgehead atoms. The largest absolute Gasteiger partial charge is 0.396 e. The van der Waals surface area contributed by atoms with E-state index in [2.05, 4.69) is 20.6 Å². The second-order valence-electron chi connectivity index (χ2n) is 4.65. The van der Waals surface area contributed by atoms with Crippen LogP contribution < -0.4 is 4.90 Å². The first-order chi connectivity index (χ1) is 9.69. The average molecular weight is 294 g/mol. The van der Waals surface area contributed by atoms with Crippen molar-refractivity contribution in [2.24, 2.45) is 5.92 Å². The standard InChI is InChI=1S/C12H12ClN5O2/c13-8-1-2-9(12-14-16-17-15-12)10(4-8)18-5-7(6-19)3-11(18)20/h1-2,4,7,19H,3,5-6H2,(H,14,15,16,17). The van der Waals surface area contributed by atoms with E-state index in [-0.39, 0.29) is 18.4 Å². The third-order valence-electron chi connectivity index (χ3n) is 3.30. The fraction of sp³-hybridized carbons (Fsp3) is 0.333. The molecule has 3 rings (SSSR count). The molecule has 0 spiro atoms. The first-order valence-electron chi connectivity index (χ1n) is 6.13.